The molecule has 0 unspecified atom stereocenters. The summed E-state index contributed by atoms with van der Waals surface area (Å²) in [5, 5.41) is 2.91. The van der Waals surface area contributed by atoms with Gasteiger partial charge in [-0.25, -0.2) is 0 Å². The summed E-state index contributed by atoms with van der Waals surface area (Å²) in [6.45, 7) is 7.62. The van der Waals surface area contributed by atoms with Crippen LogP contribution >= 0.6 is 15.9 Å². The van der Waals surface area contributed by atoms with Crippen LogP contribution in [0, 0.1) is 5.92 Å². The average Bonchev–Trinajstić information content (AvgIpc) is 2.62. The van der Waals surface area contributed by atoms with Crippen molar-refractivity contribution in [1.82, 2.24) is 0 Å². The fourth-order valence-corrected chi connectivity index (χ4v) is 2.62. The van der Waals surface area contributed by atoms with Gasteiger partial charge in [-0.3, -0.25) is 4.79 Å². The number of carbonyl (C=O) groups excluding carboxylic acids is 1. The normalized spacial score (nSPS) is 10.7. The predicted octanol–water partition coefficient (Wildman–Crippen LogP) is 5.92. The van der Waals surface area contributed by atoms with Crippen molar-refractivity contribution in [1.29, 1.82) is 0 Å². The van der Waals surface area contributed by atoms with Gasteiger partial charge >= 0.3 is 0 Å². The first-order chi connectivity index (χ1) is 12.5. The van der Waals surface area contributed by atoms with Crippen LogP contribution in [0.15, 0.2) is 46.9 Å². The van der Waals surface area contributed by atoms with Crippen LogP contribution < -0.4 is 14.8 Å². The summed E-state index contributed by atoms with van der Waals surface area (Å²) in [7, 11) is 0. The lowest BCUT2D eigenvalue weighted by atomic mass is 10.1. The zero-order valence-electron chi connectivity index (χ0n) is 15.5. The number of ether oxygens (including phenoxy) is 2. The third-order valence-corrected chi connectivity index (χ3v) is 4.22. The molecule has 0 fully saturated rings. The van der Waals surface area contributed by atoms with Crippen molar-refractivity contribution in [2.75, 3.05) is 18.5 Å². The maximum Gasteiger partial charge on any atom is 0.259 e. The predicted molar refractivity (Wildman–Crippen MR) is 109 cm³/mol. The van der Waals surface area contributed by atoms with Crippen LogP contribution in [-0.2, 0) is 0 Å². The zero-order chi connectivity index (χ0) is 18.9. The molecule has 5 heteroatoms. The van der Waals surface area contributed by atoms with E-state index >= 15 is 0 Å². The quantitative estimate of drug-likeness (QED) is 0.548. The van der Waals surface area contributed by atoms with E-state index in [9.17, 15) is 4.79 Å². The summed E-state index contributed by atoms with van der Waals surface area (Å²) in [5.41, 5.74) is 1.22. The van der Waals surface area contributed by atoms with Crippen molar-refractivity contribution >= 4 is 27.5 Å². The van der Waals surface area contributed by atoms with Crippen LogP contribution in [-0.4, -0.2) is 19.1 Å². The Labute approximate surface area is 164 Å². The van der Waals surface area contributed by atoms with E-state index in [1.165, 1.54) is 0 Å². The minimum atomic E-state index is -0.201. The molecule has 0 aliphatic rings. The van der Waals surface area contributed by atoms with Crippen molar-refractivity contribution in [3.63, 3.8) is 0 Å². The number of nitrogens with one attached hydrogen (secondary N) is 1. The lowest BCUT2D eigenvalue weighted by molar-refractivity contribution is 0.102. The van der Waals surface area contributed by atoms with Gasteiger partial charge in [0, 0.05) is 10.2 Å². The second-order valence-corrected chi connectivity index (χ2v) is 7.41. The molecular weight excluding hydrogens is 394 g/mol. The first-order valence-corrected chi connectivity index (χ1v) is 9.75. The molecule has 1 N–H and O–H groups in total. The summed E-state index contributed by atoms with van der Waals surface area (Å²) in [4.78, 5) is 12.7. The molecule has 1 amide bonds. The minimum Gasteiger partial charge on any atom is -0.494 e. The number of anilines is 1. The largest absolute Gasteiger partial charge is 0.494 e. The first-order valence-electron chi connectivity index (χ1n) is 8.96. The minimum absolute atomic E-state index is 0.201. The fraction of sp³-hybridized carbons (Fsp3) is 0.381. The topological polar surface area (TPSA) is 47.6 Å². The van der Waals surface area contributed by atoms with Crippen molar-refractivity contribution in [3.8, 4) is 11.5 Å². The maximum atomic E-state index is 12.7. The second-order valence-electron chi connectivity index (χ2n) is 6.50. The first kappa shape index (κ1) is 20.3. The van der Waals surface area contributed by atoms with Gasteiger partial charge in [0.1, 0.15) is 11.5 Å². The van der Waals surface area contributed by atoms with Gasteiger partial charge in [0.2, 0.25) is 0 Å². The van der Waals surface area contributed by atoms with Gasteiger partial charge in [-0.05, 0) is 61.2 Å². The lowest BCUT2D eigenvalue weighted by Gasteiger charge is -2.13. The molecule has 0 saturated carbocycles. The molecule has 0 saturated heterocycles. The molecule has 2 aromatic rings. The van der Waals surface area contributed by atoms with E-state index in [0.29, 0.717) is 36.1 Å². The van der Waals surface area contributed by atoms with E-state index in [1.54, 1.807) is 6.07 Å². The highest BCUT2D eigenvalue weighted by Crippen LogP contribution is 2.25. The van der Waals surface area contributed by atoms with Crippen LogP contribution in [0.5, 0.6) is 11.5 Å². The maximum absolute atomic E-state index is 12.7. The van der Waals surface area contributed by atoms with Crippen LogP contribution in [0.4, 0.5) is 5.69 Å². The molecule has 0 bridgehead atoms. The standard InChI is InChI=1S/C21H26BrNO3/c1-4-12-25-18-8-6-17(7-9-18)23-21(24)19-14-16(22)5-10-20(19)26-13-11-15(2)3/h5-10,14-15H,4,11-13H2,1-3H3,(H,23,24). The molecule has 2 rings (SSSR count). The summed E-state index contributed by atoms with van der Waals surface area (Å²) < 4.78 is 12.2. The number of rotatable bonds is 9. The van der Waals surface area contributed by atoms with Crippen molar-refractivity contribution in [2.24, 2.45) is 5.92 Å². The second kappa shape index (κ2) is 10.2. The van der Waals surface area contributed by atoms with Crippen molar-refractivity contribution in [3.05, 3.63) is 52.5 Å². The third-order valence-electron chi connectivity index (χ3n) is 3.72. The van der Waals surface area contributed by atoms with Crippen LogP contribution in [0.3, 0.4) is 0 Å². The van der Waals surface area contributed by atoms with Gasteiger partial charge in [-0.2, -0.15) is 0 Å². The SMILES string of the molecule is CCCOc1ccc(NC(=O)c2cc(Br)ccc2OCCC(C)C)cc1. The molecule has 0 radical (unpaired) electrons. The van der Waals surface area contributed by atoms with Gasteiger partial charge in [0.15, 0.2) is 0 Å². The van der Waals surface area contributed by atoms with Gasteiger partial charge in [-0.1, -0.05) is 36.7 Å². The van der Waals surface area contributed by atoms with Crippen LogP contribution in [0.25, 0.3) is 0 Å². The molecule has 2 aromatic carbocycles. The van der Waals surface area contributed by atoms with Crippen molar-refractivity contribution < 1.29 is 14.3 Å². The Bertz CT molecular complexity index is 714. The highest BCUT2D eigenvalue weighted by atomic mass is 79.9. The Morgan fingerprint density at radius 3 is 2.46 bits per heavy atom. The number of halogens is 1. The molecule has 0 atom stereocenters. The Morgan fingerprint density at radius 1 is 1.08 bits per heavy atom. The molecule has 0 aliphatic heterocycles. The van der Waals surface area contributed by atoms with Crippen LogP contribution in [0.1, 0.15) is 44.0 Å². The number of benzene rings is 2. The molecule has 0 aliphatic carbocycles. The number of carbonyl (C=O) groups is 1. The van der Waals surface area contributed by atoms with Crippen molar-refractivity contribution in [2.45, 2.75) is 33.6 Å². The summed E-state index contributed by atoms with van der Waals surface area (Å²) >= 11 is 3.42. The van der Waals surface area contributed by atoms with Gasteiger partial charge in [0.25, 0.3) is 5.91 Å². The monoisotopic (exact) mass is 419 g/mol. The zero-order valence-corrected chi connectivity index (χ0v) is 17.1. The summed E-state index contributed by atoms with van der Waals surface area (Å²) in [6.07, 6.45) is 1.90. The number of hydrogen-bond acceptors (Lipinski definition) is 3. The molecule has 26 heavy (non-hydrogen) atoms. The molecule has 0 spiro atoms. The van der Waals surface area contributed by atoms with E-state index < -0.39 is 0 Å². The number of amides is 1. The summed E-state index contributed by atoms with van der Waals surface area (Å²) in [5.74, 6) is 1.74. The Morgan fingerprint density at radius 2 is 1.81 bits per heavy atom. The van der Waals surface area contributed by atoms with Gasteiger partial charge in [-0.15, -0.1) is 0 Å². The van der Waals surface area contributed by atoms with E-state index in [1.807, 2.05) is 36.4 Å². The highest BCUT2D eigenvalue weighted by molar-refractivity contribution is 9.10. The van der Waals surface area contributed by atoms with E-state index in [4.69, 9.17) is 9.47 Å². The summed E-state index contributed by atoms with van der Waals surface area (Å²) in [6, 6.07) is 12.8. The molecule has 140 valence electrons. The average molecular weight is 420 g/mol. The third kappa shape index (κ3) is 6.37. The fourth-order valence-electron chi connectivity index (χ4n) is 2.26. The molecule has 0 aromatic heterocycles. The molecular formula is C21H26BrNO3. The smallest absolute Gasteiger partial charge is 0.259 e. The van der Waals surface area contributed by atoms with E-state index in [2.05, 4.69) is 42.0 Å². The lowest BCUT2D eigenvalue weighted by Crippen LogP contribution is -2.14. The Kier molecular flexibility index (Phi) is 7.98. The van der Waals surface area contributed by atoms with E-state index in [-0.39, 0.29) is 5.91 Å². The molecule has 0 heterocycles. The van der Waals surface area contributed by atoms with Crippen LogP contribution in [0.2, 0.25) is 0 Å². The molecule has 4 nitrogen and oxygen atoms in total. The van der Waals surface area contributed by atoms with Gasteiger partial charge < -0.3 is 14.8 Å². The van der Waals surface area contributed by atoms with E-state index in [0.717, 1.165) is 23.1 Å². The Balaban J connectivity index is 2.06. The number of hydrogen-bond donors (Lipinski definition) is 1. The Hall–Kier alpha value is -2.01. The highest BCUT2D eigenvalue weighted by Gasteiger charge is 2.14. The van der Waals surface area contributed by atoms with Gasteiger partial charge in [0.05, 0.1) is 18.8 Å².